The van der Waals surface area contributed by atoms with Crippen LogP contribution in [0.2, 0.25) is 0 Å². The molecule has 1 aromatic heterocycles. The van der Waals surface area contributed by atoms with Gasteiger partial charge in [-0.3, -0.25) is 4.90 Å². The summed E-state index contributed by atoms with van der Waals surface area (Å²) in [5.41, 5.74) is 2.46. The Kier molecular flexibility index (Phi) is 5.42. The summed E-state index contributed by atoms with van der Waals surface area (Å²) in [5.74, 6) is -0.381. The average molecular weight is 412 g/mol. The summed E-state index contributed by atoms with van der Waals surface area (Å²) in [5, 5.41) is 1.46. The fourth-order valence-corrected chi connectivity index (χ4v) is 4.33. The van der Waals surface area contributed by atoms with Crippen LogP contribution in [0.15, 0.2) is 40.8 Å². The lowest BCUT2D eigenvalue weighted by molar-refractivity contribution is -0.0118. The first-order valence-corrected chi connectivity index (χ1v) is 10.3. The predicted octanol–water partition coefficient (Wildman–Crippen LogP) is 5.06. The van der Waals surface area contributed by atoms with Crippen LogP contribution in [0.4, 0.5) is 0 Å². The maximum absolute atomic E-state index is 12.9. The lowest BCUT2D eigenvalue weighted by Crippen LogP contribution is -2.48. The smallest absolute Gasteiger partial charge is 0.338 e. The zero-order chi connectivity index (χ0) is 20.6. The maximum atomic E-state index is 12.9. The molecule has 1 aliphatic rings. The van der Waals surface area contributed by atoms with Crippen LogP contribution in [-0.2, 0) is 15.0 Å². The van der Waals surface area contributed by atoms with E-state index in [9.17, 15) is 4.79 Å². The van der Waals surface area contributed by atoms with E-state index in [2.05, 4.69) is 18.7 Å². The molecule has 0 spiro atoms. The Hall–Kier alpha value is -2.28. The molecule has 1 aliphatic heterocycles. The lowest BCUT2D eigenvalue weighted by Gasteiger charge is -2.41. The fraction of sp³-hybridized carbons (Fsp3) is 0.391. The average Bonchev–Trinajstić information content (AvgIpc) is 2.74. The molecule has 0 saturated carbocycles. The van der Waals surface area contributed by atoms with Crippen molar-refractivity contribution < 1.29 is 18.7 Å². The molecule has 152 valence electrons. The van der Waals surface area contributed by atoms with Crippen molar-refractivity contribution in [2.45, 2.75) is 26.3 Å². The number of para-hydroxylation sites is 1. The van der Waals surface area contributed by atoms with Crippen LogP contribution in [-0.4, -0.2) is 43.8 Å². The minimum atomic E-state index is -0.381. The van der Waals surface area contributed by atoms with E-state index >= 15 is 0 Å². The zero-order valence-corrected chi connectivity index (χ0v) is 17.8. The summed E-state index contributed by atoms with van der Waals surface area (Å²) >= 11 is 5.75. The van der Waals surface area contributed by atoms with E-state index in [0.29, 0.717) is 46.4 Å². The number of fused-ring (bicyclic) bond motifs is 2. The number of rotatable bonds is 4. The Bertz CT molecular complexity index is 1130. The van der Waals surface area contributed by atoms with E-state index in [1.54, 1.807) is 6.92 Å². The number of morpholine rings is 1. The van der Waals surface area contributed by atoms with Gasteiger partial charge in [0.15, 0.2) is 0 Å². The molecule has 0 N–H and O–H groups in total. The number of hydrogen-bond donors (Lipinski definition) is 0. The van der Waals surface area contributed by atoms with E-state index < -0.39 is 0 Å². The highest BCUT2D eigenvalue weighted by molar-refractivity contribution is 7.72. The summed E-state index contributed by atoms with van der Waals surface area (Å²) in [7, 11) is 0. The van der Waals surface area contributed by atoms with Gasteiger partial charge in [-0.05, 0) is 50.6 Å². The maximum Gasteiger partial charge on any atom is 0.338 e. The minimum absolute atomic E-state index is 0.300. The number of hydrogen-bond acceptors (Lipinski definition) is 6. The van der Waals surface area contributed by atoms with Gasteiger partial charge in [0, 0.05) is 24.0 Å². The van der Waals surface area contributed by atoms with Crippen LogP contribution in [0.1, 0.15) is 36.7 Å². The molecule has 0 aliphatic carbocycles. The second-order valence-electron chi connectivity index (χ2n) is 7.70. The van der Waals surface area contributed by atoms with Gasteiger partial charge in [0.2, 0.25) is 0 Å². The van der Waals surface area contributed by atoms with Gasteiger partial charge >= 0.3 is 5.97 Å². The zero-order valence-electron chi connectivity index (χ0n) is 17.0. The van der Waals surface area contributed by atoms with Gasteiger partial charge in [-0.15, -0.1) is 0 Å². The van der Waals surface area contributed by atoms with Gasteiger partial charge in [0.05, 0.1) is 35.3 Å². The molecule has 2 heterocycles. The molecule has 0 atom stereocenters. The highest BCUT2D eigenvalue weighted by Gasteiger charge is 2.32. The molecule has 3 aromatic rings. The van der Waals surface area contributed by atoms with Crippen molar-refractivity contribution in [3.05, 3.63) is 52.0 Å². The lowest BCUT2D eigenvalue weighted by atomic mass is 9.89. The molecule has 5 nitrogen and oxygen atoms in total. The minimum Gasteiger partial charge on any atom is -0.462 e. The van der Waals surface area contributed by atoms with E-state index in [1.807, 2.05) is 36.4 Å². The van der Waals surface area contributed by atoms with Crippen LogP contribution in [0.5, 0.6) is 0 Å². The molecule has 0 unspecified atom stereocenters. The molecule has 0 bridgehead atoms. The number of ether oxygens (including phenoxy) is 2. The van der Waals surface area contributed by atoms with Gasteiger partial charge in [0.25, 0.3) is 0 Å². The first-order chi connectivity index (χ1) is 13.9. The molecule has 0 amide bonds. The third-order valence-electron chi connectivity index (χ3n) is 5.68. The Balaban J connectivity index is 1.98. The molecule has 29 heavy (non-hydrogen) atoms. The Labute approximate surface area is 175 Å². The molecule has 1 fully saturated rings. The molecule has 4 rings (SSSR count). The Morgan fingerprint density at radius 3 is 2.62 bits per heavy atom. The standard InChI is InChI=1S/C23H25NO4S/c1-4-27-22(25)17-13-15(23(2,3)24-9-11-26-12-10-24)14-19-20(17)21(29)16-7-5-6-8-18(16)28-19/h5-8,13-14H,4,9-12H2,1-3H3. The molecule has 2 aromatic carbocycles. The summed E-state index contributed by atoms with van der Waals surface area (Å²) < 4.78 is 17.7. The van der Waals surface area contributed by atoms with Gasteiger partial charge in [-0.25, -0.2) is 4.79 Å². The van der Waals surface area contributed by atoms with Crippen molar-refractivity contribution in [2.75, 3.05) is 32.9 Å². The number of carbonyl (C=O) groups is 1. The van der Waals surface area contributed by atoms with E-state index in [0.717, 1.165) is 24.0 Å². The fourth-order valence-electron chi connectivity index (χ4n) is 3.95. The van der Waals surface area contributed by atoms with E-state index in [1.165, 1.54) is 0 Å². The first kappa shape index (κ1) is 20.0. The van der Waals surface area contributed by atoms with Crippen LogP contribution < -0.4 is 0 Å². The van der Waals surface area contributed by atoms with E-state index in [4.69, 9.17) is 26.1 Å². The van der Waals surface area contributed by atoms with Crippen molar-refractivity contribution in [1.29, 1.82) is 0 Å². The van der Waals surface area contributed by atoms with Crippen molar-refractivity contribution >= 4 is 40.1 Å². The number of esters is 1. The van der Waals surface area contributed by atoms with Crippen LogP contribution in [0, 0.1) is 4.51 Å². The normalized spacial score (nSPS) is 15.7. The second kappa shape index (κ2) is 7.86. The second-order valence-corrected chi connectivity index (χ2v) is 8.11. The predicted molar refractivity (Wildman–Crippen MR) is 116 cm³/mol. The molecule has 1 saturated heterocycles. The first-order valence-electron chi connectivity index (χ1n) is 9.93. The van der Waals surface area contributed by atoms with Crippen LogP contribution >= 0.6 is 12.2 Å². The van der Waals surface area contributed by atoms with Crippen LogP contribution in [0.3, 0.4) is 0 Å². The quantitative estimate of drug-likeness (QED) is 0.340. The highest BCUT2D eigenvalue weighted by Crippen LogP contribution is 2.35. The largest absolute Gasteiger partial charge is 0.462 e. The van der Waals surface area contributed by atoms with Crippen molar-refractivity contribution in [1.82, 2.24) is 4.90 Å². The summed E-state index contributed by atoms with van der Waals surface area (Å²) in [6.07, 6.45) is 0. The summed E-state index contributed by atoms with van der Waals surface area (Å²) in [6.45, 7) is 9.49. The highest BCUT2D eigenvalue weighted by atomic mass is 32.1. The van der Waals surface area contributed by atoms with Gasteiger partial charge in [0.1, 0.15) is 11.2 Å². The Morgan fingerprint density at radius 1 is 1.17 bits per heavy atom. The molecule has 6 heteroatoms. The third kappa shape index (κ3) is 3.56. The number of nitrogens with zero attached hydrogens (tertiary/aromatic N) is 1. The van der Waals surface area contributed by atoms with Crippen molar-refractivity contribution in [2.24, 2.45) is 0 Å². The van der Waals surface area contributed by atoms with E-state index in [-0.39, 0.29) is 11.5 Å². The monoisotopic (exact) mass is 411 g/mol. The topological polar surface area (TPSA) is 51.9 Å². The summed E-state index contributed by atoms with van der Waals surface area (Å²) in [6, 6.07) is 11.6. The van der Waals surface area contributed by atoms with Crippen molar-refractivity contribution in [3.8, 4) is 0 Å². The SMILES string of the molecule is CCOC(=O)c1cc(C(C)(C)N2CCOCC2)cc2oc3ccccc3c(=S)c12. The molecular weight excluding hydrogens is 386 g/mol. The third-order valence-corrected chi connectivity index (χ3v) is 6.11. The van der Waals surface area contributed by atoms with Crippen LogP contribution in [0.25, 0.3) is 21.9 Å². The van der Waals surface area contributed by atoms with Crippen molar-refractivity contribution in [3.63, 3.8) is 0 Å². The van der Waals surface area contributed by atoms with Gasteiger partial charge in [-0.2, -0.15) is 0 Å². The summed E-state index contributed by atoms with van der Waals surface area (Å²) in [4.78, 5) is 15.2. The Morgan fingerprint density at radius 2 is 1.90 bits per heavy atom. The molecule has 0 radical (unpaired) electrons. The number of benzene rings is 2. The molecular formula is C23H25NO4S. The van der Waals surface area contributed by atoms with Gasteiger partial charge < -0.3 is 13.9 Å². The van der Waals surface area contributed by atoms with Gasteiger partial charge in [-0.1, -0.05) is 24.4 Å². The number of carbonyl (C=O) groups excluding carboxylic acids is 1.